The Bertz CT molecular complexity index is 816. The fraction of sp³-hybridized carbons (Fsp3) is 0.316. The third-order valence-corrected chi connectivity index (χ3v) is 4.75. The van der Waals surface area contributed by atoms with Crippen molar-refractivity contribution in [2.75, 3.05) is 12.4 Å². The number of aromatic nitrogens is 1. The smallest absolute Gasteiger partial charge is 0.221 e. The van der Waals surface area contributed by atoms with Gasteiger partial charge < -0.3 is 10.1 Å². The van der Waals surface area contributed by atoms with E-state index in [0.29, 0.717) is 17.0 Å². The Morgan fingerprint density at radius 3 is 2.56 bits per heavy atom. The fourth-order valence-electron chi connectivity index (χ4n) is 2.11. The number of allylic oxidation sites excluding steroid dienone is 1. The van der Waals surface area contributed by atoms with Gasteiger partial charge in [0.05, 0.1) is 17.8 Å². The summed E-state index contributed by atoms with van der Waals surface area (Å²) in [6.07, 6.45) is 5.04. The molecule has 2 rings (SSSR count). The van der Waals surface area contributed by atoms with Crippen molar-refractivity contribution >= 4 is 34.8 Å². The number of hydrogen-bond acceptors (Lipinski definition) is 5. The summed E-state index contributed by atoms with van der Waals surface area (Å²) in [7, 11) is 1.51. The summed E-state index contributed by atoms with van der Waals surface area (Å²) in [6.45, 7) is 7.71. The van der Waals surface area contributed by atoms with Crippen molar-refractivity contribution < 1.29 is 14.3 Å². The highest BCUT2D eigenvalue weighted by molar-refractivity contribution is 7.12. The van der Waals surface area contributed by atoms with Crippen LogP contribution in [0.2, 0.25) is 0 Å². The van der Waals surface area contributed by atoms with E-state index in [2.05, 4.69) is 31.1 Å². The number of amides is 1. The van der Waals surface area contributed by atoms with Gasteiger partial charge >= 0.3 is 0 Å². The van der Waals surface area contributed by atoms with Gasteiger partial charge in [0.15, 0.2) is 5.78 Å². The van der Waals surface area contributed by atoms with Crippen molar-refractivity contribution in [3.8, 4) is 5.75 Å². The molecule has 0 fully saturated rings. The van der Waals surface area contributed by atoms with Gasteiger partial charge in [0.1, 0.15) is 5.75 Å². The van der Waals surface area contributed by atoms with Crippen LogP contribution in [0, 0.1) is 0 Å². The van der Waals surface area contributed by atoms with Crippen molar-refractivity contribution in [2.45, 2.75) is 33.1 Å². The molecule has 0 atom stereocenters. The highest BCUT2D eigenvalue weighted by Crippen LogP contribution is 2.28. The number of benzene rings is 1. The van der Waals surface area contributed by atoms with Crippen molar-refractivity contribution in [1.82, 2.24) is 4.98 Å². The number of ketones is 1. The molecule has 0 saturated heterocycles. The molecule has 1 amide bonds. The van der Waals surface area contributed by atoms with Gasteiger partial charge in [-0.15, -0.1) is 11.3 Å². The third-order valence-electron chi connectivity index (χ3n) is 3.36. The first-order valence-electron chi connectivity index (χ1n) is 7.85. The quantitative estimate of drug-likeness (QED) is 0.639. The number of hydrogen-bond donors (Lipinski definition) is 1. The Morgan fingerprint density at radius 1 is 1.28 bits per heavy atom. The van der Waals surface area contributed by atoms with Gasteiger partial charge in [-0.1, -0.05) is 20.8 Å². The van der Waals surface area contributed by atoms with E-state index in [4.69, 9.17) is 4.74 Å². The minimum atomic E-state index is -0.224. The first kappa shape index (κ1) is 18.9. The predicted molar refractivity (Wildman–Crippen MR) is 101 cm³/mol. The molecular formula is C19H22N2O3S. The average molecular weight is 358 g/mol. The number of carbonyl (C=O) groups excluding carboxylic acids is 2. The van der Waals surface area contributed by atoms with Crippen molar-refractivity contribution in [1.29, 1.82) is 0 Å². The molecule has 5 nitrogen and oxygen atoms in total. The van der Waals surface area contributed by atoms with Crippen LogP contribution in [0.3, 0.4) is 0 Å². The first-order chi connectivity index (χ1) is 11.7. The lowest BCUT2D eigenvalue weighted by molar-refractivity contribution is -0.114. The van der Waals surface area contributed by atoms with Gasteiger partial charge in [0.25, 0.3) is 0 Å². The van der Waals surface area contributed by atoms with Gasteiger partial charge in [-0.3, -0.25) is 9.59 Å². The number of methoxy groups -OCH3 is 1. The Balaban J connectivity index is 2.20. The number of nitrogens with zero attached hydrogens (tertiary/aromatic N) is 1. The predicted octanol–water partition coefficient (Wildman–Crippen LogP) is 4.30. The lowest BCUT2D eigenvalue weighted by Crippen LogP contribution is -2.09. The first-order valence-corrected chi connectivity index (χ1v) is 8.66. The topological polar surface area (TPSA) is 68.3 Å². The van der Waals surface area contributed by atoms with E-state index in [-0.39, 0.29) is 17.1 Å². The lowest BCUT2D eigenvalue weighted by Gasteiger charge is -2.13. The second-order valence-corrected chi connectivity index (χ2v) is 7.67. The molecule has 6 heteroatoms. The highest BCUT2D eigenvalue weighted by atomic mass is 32.1. The Hall–Kier alpha value is -2.47. The van der Waals surface area contributed by atoms with Crippen LogP contribution >= 0.6 is 11.3 Å². The highest BCUT2D eigenvalue weighted by Gasteiger charge is 2.17. The minimum Gasteiger partial charge on any atom is -0.495 e. The SMILES string of the molecule is COc1ccc(C(=O)/C=C/c2cnc(C(C)(C)C)s2)cc1NC(C)=O. The number of carbonyl (C=O) groups is 2. The average Bonchev–Trinajstić information content (AvgIpc) is 3.01. The lowest BCUT2D eigenvalue weighted by atomic mass is 9.98. The van der Waals surface area contributed by atoms with E-state index in [1.165, 1.54) is 20.1 Å². The summed E-state index contributed by atoms with van der Waals surface area (Å²) in [6, 6.07) is 4.95. The Labute approximate surface area is 151 Å². The molecule has 0 spiro atoms. The molecule has 0 unspecified atom stereocenters. The molecular weight excluding hydrogens is 336 g/mol. The molecule has 132 valence electrons. The largest absolute Gasteiger partial charge is 0.495 e. The molecule has 1 aromatic carbocycles. The molecule has 25 heavy (non-hydrogen) atoms. The van der Waals surface area contributed by atoms with Crippen LogP contribution in [0.5, 0.6) is 5.75 Å². The van der Waals surface area contributed by atoms with Crippen molar-refractivity contribution in [2.24, 2.45) is 0 Å². The second-order valence-electron chi connectivity index (χ2n) is 6.61. The maximum absolute atomic E-state index is 12.4. The number of anilines is 1. The van der Waals surface area contributed by atoms with Crippen molar-refractivity contribution in [3.05, 3.63) is 45.9 Å². The summed E-state index contributed by atoms with van der Waals surface area (Å²) >= 11 is 1.57. The molecule has 2 aromatic rings. The molecule has 0 aliphatic rings. The zero-order chi connectivity index (χ0) is 18.6. The van der Waals surface area contributed by atoms with Gasteiger partial charge in [0.2, 0.25) is 5.91 Å². The summed E-state index contributed by atoms with van der Waals surface area (Å²) in [5.41, 5.74) is 0.938. The number of rotatable bonds is 5. The van der Waals surface area contributed by atoms with E-state index in [9.17, 15) is 9.59 Å². The molecule has 0 aliphatic heterocycles. The van der Waals surface area contributed by atoms with Crippen LogP contribution < -0.4 is 10.1 Å². The normalized spacial score (nSPS) is 11.6. The zero-order valence-corrected chi connectivity index (χ0v) is 15.9. The van der Waals surface area contributed by atoms with Crippen LogP contribution in [0.25, 0.3) is 6.08 Å². The van der Waals surface area contributed by atoms with E-state index in [1.54, 1.807) is 41.8 Å². The Kier molecular flexibility index (Phi) is 5.74. The number of thiazole rings is 1. The summed E-state index contributed by atoms with van der Waals surface area (Å²) in [5.74, 6) is 0.130. The molecule has 1 heterocycles. The van der Waals surface area contributed by atoms with Crippen LogP contribution in [0.4, 0.5) is 5.69 Å². The van der Waals surface area contributed by atoms with E-state index < -0.39 is 0 Å². The van der Waals surface area contributed by atoms with Crippen LogP contribution in [-0.4, -0.2) is 23.8 Å². The van der Waals surface area contributed by atoms with E-state index in [1.807, 2.05) is 0 Å². The van der Waals surface area contributed by atoms with E-state index in [0.717, 1.165) is 9.88 Å². The fourth-order valence-corrected chi connectivity index (χ4v) is 2.99. The summed E-state index contributed by atoms with van der Waals surface area (Å²) in [4.78, 5) is 29.0. The van der Waals surface area contributed by atoms with Crippen LogP contribution in [-0.2, 0) is 10.2 Å². The Morgan fingerprint density at radius 2 is 2.00 bits per heavy atom. The minimum absolute atomic E-state index is 0.00991. The molecule has 0 bridgehead atoms. The van der Waals surface area contributed by atoms with E-state index >= 15 is 0 Å². The maximum Gasteiger partial charge on any atom is 0.221 e. The van der Waals surface area contributed by atoms with Gasteiger partial charge in [-0.25, -0.2) is 4.98 Å². The van der Waals surface area contributed by atoms with Gasteiger partial charge in [-0.2, -0.15) is 0 Å². The zero-order valence-electron chi connectivity index (χ0n) is 15.0. The standard InChI is InChI=1S/C19H22N2O3S/c1-12(22)21-15-10-13(6-9-17(15)24-5)16(23)8-7-14-11-20-18(25-14)19(2,3)4/h6-11H,1-5H3,(H,21,22)/b8-7+. The van der Waals surface area contributed by atoms with Crippen LogP contribution in [0.15, 0.2) is 30.5 Å². The molecule has 1 N–H and O–H groups in total. The molecule has 0 radical (unpaired) electrons. The van der Waals surface area contributed by atoms with Crippen molar-refractivity contribution in [3.63, 3.8) is 0 Å². The number of nitrogens with one attached hydrogen (secondary N) is 1. The molecule has 0 saturated carbocycles. The number of ether oxygens (including phenoxy) is 1. The van der Waals surface area contributed by atoms with Gasteiger partial charge in [0, 0.05) is 29.0 Å². The second kappa shape index (κ2) is 7.61. The third kappa shape index (κ3) is 5.00. The molecule has 1 aromatic heterocycles. The maximum atomic E-state index is 12.4. The summed E-state index contributed by atoms with van der Waals surface area (Å²) < 4.78 is 5.19. The monoisotopic (exact) mass is 358 g/mol. The van der Waals surface area contributed by atoms with Crippen LogP contribution in [0.1, 0.15) is 47.9 Å². The summed E-state index contributed by atoms with van der Waals surface area (Å²) in [5, 5.41) is 3.69. The van der Waals surface area contributed by atoms with Gasteiger partial charge in [-0.05, 0) is 30.4 Å². The molecule has 0 aliphatic carbocycles.